The van der Waals surface area contributed by atoms with Gasteiger partial charge in [0.25, 0.3) is 5.56 Å². The van der Waals surface area contributed by atoms with Crippen LogP contribution in [-0.2, 0) is 4.74 Å². The van der Waals surface area contributed by atoms with Crippen LogP contribution in [0.4, 0.5) is 0 Å². The van der Waals surface area contributed by atoms with Crippen molar-refractivity contribution in [2.75, 3.05) is 14.1 Å². The van der Waals surface area contributed by atoms with Gasteiger partial charge in [0.15, 0.2) is 0 Å². The Hall–Kier alpha value is -2.51. The second kappa shape index (κ2) is 7.54. The number of hydrogen-bond donors (Lipinski definition) is 3. The normalized spacial score (nSPS) is 42.1. The van der Waals surface area contributed by atoms with Gasteiger partial charge < -0.3 is 24.8 Å². The first-order valence-electron chi connectivity index (χ1n) is 13.6. The van der Waals surface area contributed by atoms with Gasteiger partial charge in [0.2, 0.25) is 0 Å². The van der Waals surface area contributed by atoms with Gasteiger partial charge in [-0.3, -0.25) is 4.79 Å². The fourth-order valence-corrected chi connectivity index (χ4v) is 8.62. The Morgan fingerprint density at radius 2 is 1.97 bits per heavy atom. The summed E-state index contributed by atoms with van der Waals surface area (Å²) in [6.07, 6.45) is 10.3. The average molecular weight is 501 g/mol. The van der Waals surface area contributed by atoms with Crippen molar-refractivity contribution in [2.24, 2.45) is 17.3 Å². The van der Waals surface area contributed by atoms with Gasteiger partial charge in [0.1, 0.15) is 6.10 Å². The summed E-state index contributed by atoms with van der Waals surface area (Å²) in [5, 5.41) is 23.8. The first kappa shape index (κ1) is 23.6. The molecule has 2 fully saturated rings. The first-order valence-corrected chi connectivity index (χ1v) is 13.6. The molecular weight excluding hydrogens is 464 g/mol. The highest BCUT2D eigenvalue weighted by atomic mass is 16.5. The third-order valence-electron chi connectivity index (χ3n) is 10.7. The van der Waals surface area contributed by atoms with E-state index in [-0.39, 0.29) is 28.9 Å². The fraction of sp³-hybridized carbons (Fsp3) is 0.516. The standard InChI is InChI=1S/C31H36N2O4/c1-17-13-20-15-23-26(34)27(35)24(33(3)4)16-30(23)10-11-31(20,37-30)25-8-7-22(29(17,25)2)19-5-6-21-18(14-19)9-12-32-28(21)36/h5-7,9,12-15,17,24-27,34-35H,8,10-11,16H2,1-4H3,(H,32,36). The highest BCUT2D eigenvalue weighted by Crippen LogP contribution is 2.69. The Morgan fingerprint density at radius 3 is 2.76 bits per heavy atom. The predicted octanol–water partition coefficient (Wildman–Crippen LogP) is 3.80. The van der Waals surface area contributed by atoms with E-state index in [1.807, 2.05) is 31.1 Å². The minimum atomic E-state index is -0.917. The second-order valence-corrected chi connectivity index (χ2v) is 12.5. The van der Waals surface area contributed by atoms with Crippen LogP contribution in [-0.4, -0.2) is 63.6 Å². The fourth-order valence-electron chi connectivity index (χ4n) is 8.62. The lowest BCUT2D eigenvalue weighted by atomic mass is 9.54. The van der Waals surface area contributed by atoms with Crippen LogP contribution in [0, 0.1) is 17.3 Å². The van der Waals surface area contributed by atoms with Crippen molar-refractivity contribution >= 4 is 16.3 Å². The molecule has 6 heteroatoms. The molecule has 2 bridgehead atoms. The molecule has 2 aromatic rings. The number of rotatable bonds is 2. The summed E-state index contributed by atoms with van der Waals surface area (Å²) in [5.41, 5.74) is 3.45. The van der Waals surface area contributed by atoms with Crippen molar-refractivity contribution in [2.45, 2.75) is 69.0 Å². The number of fused-ring (bicyclic) bond motifs is 2. The maximum absolute atomic E-state index is 12.3. The second-order valence-electron chi connectivity index (χ2n) is 12.5. The number of allylic oxidation sites excluding steroid dienone is 3. The third kappa shape index (κ3) is 2.87. The van der Waals surface area contributed by atoms with Gasteiger partial charge in [-0.1, -0.05) is 38.1 Å². The lowest BCUT2D eigenvalue weighted by molar-refractivity contribution is -0.165. The summed E-state index contributed by atoms with van der Waals surface area (Å²) in [5.74, 6) is 0.536. The van der Waals surface area contributed by atoms with E-state index < -0.39 is 23.4 Å². The molecule has 0 radical (unpaired) electrons. The van der Waals surface area contributed by atoms with E-state index in [0.717, 1.165) is 30.2 Å². The van der Waals surface area contributed by atoms with E-state index in [0.29, 0.717) is 11.8 Å². The van der Waals surface area contributed by atoms with Crippen LogP contribution in [0.1, 0.15) is 45.1 Å². The monoisotopic (exact) mass is 500 g/mol. The summed E-state index contributed by atoms with van der Waals surface area (Å²) in [7, 11) is 3.93. The van der Waals surface area contributed by atoms with Crippen LogP contribution in [0.25, 0.3) is 16.3 Å². The molecule has 3 N–H and O–H groups in total. The minimum Gasteiger partial charge on any atom is -0.388 e. The molecule has 0 amide bonds. The number of aliphatic hydroxyl groups is 2. The zero-order valence-corrected chi connectivity index (χ0v) is 22.0. The van der Waals surface area contributed by atoms with Gasteiger partial charge in [-0.25, -0.2) is 0 Å². The number of aliphatic hydroxyl groups excluding tert-OH is 2. The van der Waals surface area contributed by atoms with Crippen molar-refractivity contribution in [1.29, 1.82) is 0 Å². The Morgan fingerprint density at radius 1 is 1.16 bits per heavy atom. The van der Waals surface area contributed by atoms with Crippen molar-refractivity contribution < 1.29 is 14.9 Å². The maximum Gasteiger partial charge on any atom is 0.255 e. The van der Waals surface area contributed by atoms with Crippen LogP contribution in [0.3, 0.4) is 0 Å². The quantitative estimate of drug-likeness (QED) is 0.584. The van der Waals surface area contributed by atoms with Crippen LogP contribution in [0.5, 0.6) is 0 Å². The molecule has 3 aliphatic carbocycles. The molecular formula is C31H36N2O4. The predicted molar refractivity (Wildman–Crippen MR) is 144 cm³/mol. The lowest BCUT2D eigenvalue weighted by Crippen LogP contribution is -2.62. The molecule has 8 unspecified atom stereocenters. The third-order valence-corrected chi connectivity index (χ3v) is 10.7. The Balaban J connectivity index is 1.33. The van der Waals surface area contributed by atoms with E-state index in [9.17, 15) is 15.0 Å². The van der Waals surface area contributed by atoms with Crippen LogP contribution >= 0.6 is 0 Å². The van der Waals surface area contributed by atoms with Gasteiger partial charge in [-0.15, -0.1) is 0 Å². The molecule has 2 aliphatic heterocycles. The molecule has 5 aliphatic rings. The number of hydrogen-bond acceptors (Lipinski definition) is 5. The highest BCUT2D eigenvalue weighted by Gasteiger charge is 2.68. The number of nitrogens with zero attached hydrogens (tertiary/aromatic N) is 1. The molecule has 1 aromatic carbocycles. The smallest absolute Gasteiger partial charge is 0.255 e. The molecule has 7 rings (SSSR count). The van der Waals surface area contributed by atoms with Crippen molar-refractivity contribution in [1.82, 2.24) is 9.88 Å². The molecule has 1 saturated carbocycles. The van der Waals surface area contributed by atoms with Gasteiger partial charge >= 0.3 is 0 Å². The van der Waals surface area contributed by atoms with E-state index in [1.165, 1.54) is 16.7 Å². The van der Waals surface area contributed by atoms with Gasteiger partial charge in [-0.2, -0.15) is 0 Å². The van der Waals surface area contributed by atoms with Crippen molar-refractivity contribution in [3.05, 3.63) is 75.8 Å². The number of aromatic amines is 1. The molecule has 1 saturated heterocycles. The van der Waals surface area contributed by atoms with Gasteiger partial charge in [-0.05, 0) is 91.6 Å². The summed E-state index contributed by atoms with van der Waals surface area (Å²) in [4.78, 5) is 17.1. The zero-order chi connectivity index (χ0) is 25.9. The van der Waals surface area contributed by atoms with Crippen LogP contribution in [0.15, 0.2) is 64.6 Å². The topological polar surface area (TPSA) is 85.8 Å². The molecule has 6 nitrogen and oxygen atoms in total. The number of ether oxygens (including phenoxy) is 1. The average Bonchev–Trinajstić information content (AvgIpc) is 3.39. The molecule has 37 heavy (non-hydrogen) atoms. The van der Waals surface area contributed by atoms with Crippen molar-refractivity contribution in [3.63, 3.8) is 0 Å². The summed E-state index contributed by atoms with van der Waals surface area (Å²) in [6.45, 7) is 4.68. The lowest BCUT2D eigenvalue weighted by Gasteiger charge is -2.57. The largest absolute Gasteiger partial charge is 0.388 e. The van der Waals surface area contributed by atoms with Gasteiger partial charge in [0.05, 0.1) is 17.3 Å². The van der Waals surface area contributed by atoms with E-state index in [4.69, 9.17) is 4.74 Å². The zero-order valence-electron chi connectivity index (χ0n) is 22.0. The summed E-state index contributed by atoms with van der Waals surface area (Å²) >= 11 is 0. The van der Waals surface area contributed by atoms with Crippen LogP contribution < -0.4 is 5.56 Å². The highest BCUT2D eigenvalue weighted by molar-refractivity contribution is 5.87. The SMILES string of the molecule is CC1C=C2C=C3C(O)C(O)C(N(C)C)CC34CCC2(O4)C2CC=C(c3ccc4c(=O)[nH]ccc4c3)C12C. The number of benzene rings is 1. The number of nitrogens with one attached hydrogen (secondary N) is 1. The number of aromatic nitrogens is 1. The first-order chi connectivity index (χ1) is 17.6. The Kier molecular flexibility index (Phi) is 4.81. The minimum absolute atomic E-state index is 0.0590. The number of H-pyrrole nitrogens is 1. The Bertz CT molecular complexity index is 1470. The van der Waals surface area contributed by atoms with E-state index in [2.05, 4.69) is 49.2 Å². The maximum atomic E-state index is 12.3. The molecule has 2 spiro atoms. The summed E-state index contributed by atoms with van der Waals surface area (Å²) < 4.78 is 7.26. The van der Waals surface area contributed by atoms with Crippen molar-refractivity contribution in [3.8, 4) is 0 Å². The molecule has 3 heterocycles. The van der Waals surface area contributed by atoms with E-state index in [1.54, 1.807) is 6.20 Å². The molecule has 8 atom stereocenters. The van der Waals surface area contributed by atoms with Crippen LogP contribution in [0.2, 0.25) is 0 Å². The molecule has 1 aromatic heterocycles. The number of pyridine rings is 1. The van der Waals surface area contributed by atoms with E-state index >= 15 is 0 Å². The van der Waals surface area contributed by atoms with Gasteiger partial charge in [0, 0.05) is 29.0 Å². The Labute approximate surface area is 217 Å². The molecule has 194 valence electrons. The summed E-state index contributed by atoms with van der Waals surface area (Å²) in [6, 6.07) is 8.01. The number of likely N-dealkylation sites (N-methyl/N-ethyl adjacent to an activating group) is 1.